The highest BCUT2D eigenvalue weighted by Gasteiger charge is 2.65. The van der Waals surface area contributed by atoms with E-state index in [2.05, 4.69) is 4.74 Å². The fraction of sp³-hybridized carbons (Fsp3) is 0.909. The number of epoxide rings is 1. The molecule has 0 aromatic heterocycles. The standard InChI is InChI=1S/C11H13F3O6S/c12-11(13,14)7(3-21(16,17)18)19-10(15)6-2-4-1-5(6)9-8(4)20-9/h4-9H,1-3H2,(H,16,17,18). The SMILES string of the molecule is O=C(OC(CS(=O)(=O)O)C(F)(F)F)C1CC2CC1C1OC21. The molecule has 2 aliphatic carbocycles. The summed E-state index contributed by atoms with van der Waals surface area (Å²) in [6.45, 7) is 0. The quantitative estimate of drug-likeness (QED) is 0.465. The number of hydrogen-bond donors (Lipinski definition) is 1. The molecular weight excluding hydrogens is 317 g/mol. The second-order valence-electron chi connectivity index (χ2n) is 5.78. The Morgan fingerprint density at radius 3 is 2.48 bits per heavy atom. The van der Waals surface area contributed by atoms with Crippen LogP contribution in [0.3, 0.4) is 0 Å². The summed E-state index contributed by atoms with van der Waals surface area (Å²) < 4.78 is 77.5. The van der Waals surface area contributed by atoms with Crippen molar-refractivity contribution in [1.82, 2.24) is 0 Å². The second-order valence-corrected chi connectivity index (χ2v) is 7.28. The number of alkyl halides is 3. The Balaban J connectivity index is 1.67. The van der Waals surface area contributed by atoms with Crippen LogP contribution in [0.4, 0.5) is 13.2 Å². The highest BCUT2D eigenvalue weighted by atomic mass is 32.2. The van der Waals surface area contributed by atoms with Crippen LogP contribution in [0.5, 0.6) is 0 Å². The lowest BCUT2D eigenvalue weighted by molar-refractivity contribution is -0.218. The Morgan fingerprint density at radius 1 is 1.33 bits per heavy atom. The minimum absolute atomic E-state index is 0.0767. The van der Waals surface area contributed by atoms with Crippen molar-refractivity contribution in [2.75, 3.05) is 5.75 Å². The molecule has 0 spiro atoms. The van der Waals surface area contributed by atoms with Crippen molar-refractivity contribution in [3.8, 4) is 0 Å². The molecule has 6 unspecified atom stereocenters. The molecule has 3 fully saturated rings. The summed E-state index contributed by atoms with van der Waals surface area (Å²) in [6.07, 6.45) is -6.73. The molecule has 2 saturated carbocycles. The summed E-state index contributed by atoms with van der Waals surface area (Å²) in [5.41, 5.74) is 0. The van der Waals surface area contributed by atoms with Gasteiger partial charge >= 0.3 is 12.1 Å². The lowest BCUT2D eigenvalue weighted by Crippen LogP contribution is -2.41. The Hall–Kier alpha value is -0.870. The molecule has 6 atom stereocenters. The van der Waals surface area contributed by atoms with Crippen LogP contribution in [0.15, 0.2) is 0 Å². The van der Waals surface area contributed by atoms with E-state index in [1.54, 1.807) is 0 Å². The van der Waals surface area contributed by atoms with E-state index in [9.17, 15) is 26.4 Å². The largest absolute Gasteiger partial charge is 0.451 e. The average molecular weight is 330 g/mol. The zero-order valence-electron chi connectivity index (χ0n) is 10.6. The lowest BCUT2D eigenvalue weighted by Gasteiger charge is -2.23. The summed E-state index contributed by atoms with van der Waals surface area (Å²) in [6, 6.07) is 0. The predicted octanol–water partition coefficient (Wildman–Crippen LogP) is 0.772. The molecule has 0 aromatic rings. The average Bonchev–Trinajstić information content (AvgIpc) is 2.90. The Labute approximate surface area is 118 Å². The van der Waals surface area contributed by atoms with Gasteiger partial charge < -0.3 is 9.47 Å². The van der Waals surface area contributed by atoms with Crippen molar-refractivity contribution in [3.05, 3.63) is 0 Å². The minimum atomic E-state index is -5.05. The van der Waals surface area contributed by atoms with Gasteiger partial charge in [-0.2, -0.15) is 21.6 Å². The van der Waals surface area contributed by atoms with Gasteiger partial charge in [0.15, 0.2) is 0 Å². The van der Waals surface area contributed by atoms with Crippen molar-refractivity contribution >= 4 is 16.1 Å². The zero-order chi connectivity index (χ0) is 15.6. The monoisotopic (exact) mass is 330 g/mol. The molecule has 1 aliphatic heterocycles. The van der Waals surface area contributed by atoms with Crippen LogP contribution in [0, 0.1) is 17.8 Å². The molecule has 1 saturated heterocycles. The van der Waals surface area contributed by atoms with E-state index in [1.807, 2.05) is 0 Å². The summed E-state index contributed by atoms with van der Waals surface area (Å²) in [5.74, 6) is -3.42. The van der Waals surface area contributed by atoms with Crippen LogP contribution in [0.25, 0.3) is 0 Å². The van der Waals surface area contributed by atoms with E-state index in [-0.39, 0.29) is 24.0 Å². The number of hydrogen-bond acceptors (Lipinski definition) is 5. The molecular formula is C11H13F3O6S. The molecule has 120 valence electrons. The first kappa shape index (κ1) is 15.0. The van der Waals surface area contributed by atoms with Crippen molar-refractivity contribution in [2.45, 2.75) is 37.3 Å². The minimum Gasteiger partial charge on any atom is -0.451 e. The number of carbonyl (C=O) groups excluding carboxylic acids is 1. The van der Waals surface area contributed by atoms with Crippen LogP contribution in [-0.2, 0) is 24.4 Å². The maximum atomic E-state index is 12.7. The molecule has 3 rings (SSSR count). The van der Waals surface area contributed by atoms with Crippen LogP contribution in [0.2, 0.25) is 0 Å². The van der Waals surface area contributed by atoms with Gasteiger partial charge in [-0.1, -0.05) is 0 Å². The Morgan fingerprint density at radius 2 is 2.00 bits per heavy atom. The van der Waals surface area contributed by atoms with Gasteiger partial charge in [-0.05, 0) is 18.8 Å². The summed E-state index contributed by atoms with van der Waals surface area (Å²) >= 11 is 0. The van der Waals surface area contributed by atoms with Gasteiger partial charge in [-0.15, -0.1) is 0 Å². The number of carbonyl (C=O) groups is 1. The van der Waals surface area contributed by atoms with E-state index in [1.165, 1.54) is 0 Å². The van der Waals surface area contributed by atoms with Gasteiger partial charge in [0, 0.05) is 5.92 Å². The van der Waals surface area contributed by atoms with E-state index < -0.39 is 40.0 Å². The smallest absolute Gasteiger partial charge is 0.426 e. The number of fused-ring (bicyclic) bond motifs is 5. The predicted molar refractivity (Wildman–Crippen MR) is 60.7 cm³/mol. The first-order valence-electron chi connectivity index (χ1n) is 6.44. The lowest BCUT2D eigenvalue weighted by atomic mass is 9.89. The Kier molecular flexibility index (Phi) is 3.27. The van der Waals surface area contributed by atoms with Crippen LogP contribution in [0.1, 0.15) is 12.8 Å². The van der Waals surface area contributed by atoms with E-state index in [0.29, 0.717) is 6.42 Å². The van der Waals surface area contributed by atoms with E-state index in [0.717, 1.165) is 6.42 Å². The van der Waals surface area contributed by atoms with E-state index >= 15 is 0 Å². The third-order valence-electron chi connectivity index (χ3n) is 4.38. The maximum absolute atomic E-state index is 12.7. The molecule has 6 nitrogen and oxygen atoms in total. The van der Waals surface area contributed by atoms with Crippen molar-refractivity contribution in [2.24, 2.45) is 17.8 Å². The zero-order valence-corrected chi connectivity index (χ0v) is 11.4. The summed E-state index contributed by atoms with van der Waals surface area (Å²) in [4.78, 5) is 11.9. The van der Waals surface area contributed by atoms with Gasteiger partial charge in [-0.3, -0.25) is 9.35 Å². The number of rotatable bonds is 4. The van der Waals surface area contributed by atoms with Crippen LogP contribution in [-0.4, -0.2) is 49.2 Å². The molecule has 2 bridgehead atoms. The second kappa shape index (κ2) is 4.56. The van der Waals surface area contributed by atoms with Crippen LogP contribution < -0.4 is 0 Å². The fourth-order valence-corrected chi connectivity index (χ4v) is 4.13. The highest BCUT2D eigenvalue weighted by molar-refractivity contribution is 7.85. The molecule has 10 heteroatoms. The fourth-order valence-electron chi connectivity index (χ4n) is 3.49. The maximum Gasteiger partial charge on any atom is 0.426 e. The van der Waals surface area contributed by atoms with Crippen LogP contribution >= 0.6 is 0 Å². The van der Waals surface area contributed by atoms with Gasteiger partial charge in [0.2, 0.25) is 6.10 Å². The van der Waals surface area contributed by atoms with Gasteiger partial charge in [0.05, 0.1) is 18.1 Å². The number of halogens is 3. The van der Waals surface area contributed by atoms with Crippen molar-refractivity contribution < 1.29 is 40.4 Å². The normalized spacial score (nSPS) is 39.0. The topological polar surface area (TPSA) is 93.2 Å². The molecule has 0 radical (unpaired) electrons. The number of ether oxygens (including phenoxy) is 2. The summed E-state index contributed by atoms with van der Waals surface area (Å²) in [7, 11) is -4.91. The molecule has 1 N–H and O–H groups in total. The molecule has 3 aliphatic rings. The third kappa shape index (κ3) is 2.88. The van der Waals surface area contributed by atoms with Crippen molar-refractivity contribution in [3.63, 3.8) is 0 Å². The van der Waals surface area contributed by atoms with Crippen molar-refractivity contribution in [1.29, 1.82) is 0 Å². The Bertz CT molecular complexity index is 559. The molecule has 21 heavy (non-hydrogen) atoms. The third-order valence-corrected chi connectivity index (χ3v) is 5.11. The summed E-state index contributed by atoms with van der Waals surface area (Å²) in [5, 5.41) is 0. The first-order valence-corrected chi connectivity index (χ1v) is 8.05. The highest BCUT2D eigenvalue weighted by Crippen LogP contribution is 2.59. The molecule has 0 aromatic carbocycles. The van der Waals surface area contributed by atoms with Gasteiger partial charge in [-0.25, -0.2) is 0 Å². The number of esters is 1. The first-order chi connectivity index (χ1) is 9.56. The molecule has 1 heterocycles. The molecule has 0 amide bonds. The van der Waals surface area contributed by atoms with E-state index in [4.69, 9.17) is 9.29 Å². The van der Waals surface area contributed by atoms with Gasteiger partial charge in [0.25, 0.3) is 10.1 Å². The van der Waals surface area contributed by atoms with Gasteiger partial charge in [0.1, 0.15) is 5.75 Å².